The highest BCUT2D eigenvalue weighted by Gasteiger charge is 2.24. The summed E-state index contributed by atoms with van der Waals surface area (Å²) in [6.45, 7) is 4.90. The average molecular weight is 252 g/mol. The zero-order valence-corrected chi connectivity index (χ0v) is 10.9. The van der Waals surface area contributed by atoms with E-state index in [1.807, 2.05) is 14.0 Å². The van der Waals surface area contributed by atoms with Gasteiger partial charge in [-0.15, -0.1) is 0 Å². The summed E-state index contributed by atoms with van der Waals surface area (Å²) in [7, 11) is 1.91. The first kappa shape index (κ1) is 13.0. The Kier molecular flexibility index (Phi) is 4.33. The minimum atomic E-state index is -0.0912. The molecule has 0 aromatic carbocycles. The van der Waals surface area contributed by atoms with Gasteiger partial charge in [-0.1, -0.05) is 6.92 Å². The Balaban J connectivity index is 2.27. The lowest BCUT2D eigenvalue weighted by atomic mass is 10.2. The van der Waals surface area contributed by atoms with Gasteiger partial charge in [0.1, 0.15) is 11.6 Å². The van der Waals surface area contributed by atoms with Gasteiger partial charge in [0, 0.05) is 25.6 Å². The Bertz CT molecular complexity index is 444. The van der Waals surface area contributed by atoms with E-state index in [1.54, 1.807) is 6.07 Å². The molecule has 0 aliphatic carbocycles. The minimum absolute atomic E-state index is 0.0912. The van der Waals surface area contributed by atoms with Crippen LogP contribution in [0.2, 0.25) is 0 Å². The number of morpholine rings is 1. The van der Waals surface area contributed by atoms with Crippen LogP contribution >= 0.6 is 0 Å². The van der Waals surface area contributed by atoms with Crippen LogP contribution in [-0.4, -0.2) is 49.4 Å². The maximum Gasteiger partial charge on any atom is 0.252 e. The van der Waals surface area contributed by atoms with E-state index in [-0.39, 0.29) is 11.6 Å². The lowest BCUT2D eigenvalue weighted by Gasteiger charge is -2.36. The fraction of sp³-hybridized carbons (Fsp3) is 0.667. The first-order chi connectivity index (χ1) is 8.74. The van der Waals surface area contributed by atoms with Gasteiger partial charge in [-0.3, -0.25) is 4.79 Å². The second kappa shape index (κ2) is 5.97. The standard InChI is InChI=1S/C12H20N4O2/c1-3-10-14-11(6-12(17)15-10)16-4-5-18-8-9(16)7-13-2/h6,9,13H,3-5,7-8H2,1-2H3,(H,14,15,17). The molecule has 1 aromatic heterocycles. The second-order valence-corrected chi connectivity index (χ2v) is 4.38. The molecule has 0 amide bonds. The van der Waals surface area contributed by atoms with Gasteiger partial charge >= 0.3 is 0 Å². The molecule has 1 saturated heterocycles. The monoisotopic (exact) mass is 252 g/mol. The van der Waals surface area contributed by atoms with Crippen LogP contribution in [0.15, 0.2) is 10.9 Å². The Morgan fingerprint density at radius 2 is 2.50 bits per heavy atom. The number of nitrogens with zero attached hydrogens (tertiary/aromatic N) is 2. The number of hydrogen-bond donors (Lipinski definition) is 2. The molecule has 18 heavy (non-hydrogen) atoms. The number of aromatic amines is 1. The van der Waals surface area contributed by atoms with E-state index < -0.39 is 0 Å². The van der Waals surface area contributed by atoms with E-state index in [2.05, 4.69) is 20.2 Å². The largest absolute Gasteiger partial charge is 0.377 e. The first-order valence-corrected chi connectivity index (χ1v) is 6.33. The second-order valence-electron chi connectivity index (χ2n) is 4.38. The van der Waals surface area contributed by atoms with E-state index in [4.69, 9.17) is 4.74 Å². The van der Waals surface area contributed by atoms with Crippen molar-refractivity contribution in [3.63, 3.8) is 0 Å². The van der Waals surface area contributed by atoms with Crippen molar-refractivity contribution in [2.45, 2.75) is 19.4 Å². The number of H-pyrrole nitrogens is 1. The number of aryl methyl sites for hydroxylation is 1. The molecule has 1 fully saturated rings. The van der Waals surface area contributed by atoms with Gasteiger partial charge in [-0.05, 0) is 7.05 Å². The maximum absolute atomic E-state index is 11.6. The van der Waals surface area contributed by atoms with Gasteiger partial charge < -0.3 is 19.9 Å². The molecule has 2 rings (SSSR count). The number of aromatic nitrogens is 2. The molecule has 1 aliphatic rings. The van der Waals surface area contributed by atoms with Crippen molar-refractivity contribution in [2.75, 3.05) is 38.3 Å². The highest BCUT2D eigenvalue weighted by atomic mass is 16.5. The summed E-state index contributed by atoms with van der Waals surface area (Å²) in [6, 6.07) is 1.79. The summed E-state index contributed by atoms with van der Waals surface area (Å²) >= 11 is 0. The van der Waals surface area contributed by atoms with Crippen LogP contribution in [0.5, 0.6) is 0 Å². The third kappa shape index (κ3) is 2.88. The van der Waals surface area contributed by atoms with Crippen molar-refractivity contribution in [3.05, 3.63) is 22.2 Å². The molecule has 0 bridgehead atoms. The topological polar surface area (TPSA) is 70.2 Å². The fourth-order valence-corrected chi connectivity index (χ4v) is 2.17. The molecule has 6 nitrogen and oxygen atoms in total. The van der Waals surface area contributed by atoms with Crippen LogP contribution in [0.25, 0.3) is 0 Å². The molecule has 100 valence electrons. The molecule has 6 heteroatoms. The molecular formula is C12H20N4O2. The van der Waals surface area contributed by atoms with E-state index in [0.29, 0.717) is 13.2 Å². The van der Waals surface area contributed by atoms with Gasteiger partial charge in [0.15, 0.2) is 0 Å². The molecule has 1 unspecified atom stereocenters. The lowest BCUT2D eigenvalue weighted by Crippen LogP contribution is -2.50. The van der Waals surface area contributed by atoms with Crippen molar-refractivity contribution in [1.82, 2.24) is 15.3 Å². The molecule has 1 atom stereocenters. The van der Waals surface area contributed by atoms with Gasteiger partial charge in [-0.2, -0.15) is 0 Å². The van der Waals surface area contributed by atoms with Gasteiger partial charge in [-0.25, -0.2) is 4.98 Å². The molecule has 0 spiro atoms. The van der Waals surface area contributed by atoms with Crippen LogP contribution in [0.3, 0.4) is 0 Å². The van der Waals surface area contributed by atoms with Crippen molar-refractivity contribution >= 4 is 5.82 Å². The summed E-state index contributed by atoms with van der Waals surface area (Å²) in [5.74, 6) is 1.48. The predicted octanol–water partition coefficient (Wildman–Crippen LogP) is -0.243. The number of ether oxygens (including phenoxy) is 1. The van der Waals surface area contributed by atoms with Crippen LogP contribution in [0.4, 0.5) is 5.82 Å². The number of hydrogen-bond acceptors (Lipinski definition) is 5. The lowest BCUT2D eigenvalue weighted by molar-refractivity contribution is 0.0939. The highest BCUT2D eigenvalue weighted by Crippen LogP contribution is 2.15. The molecule has 2 N–H and O–H groups in total. The van der Waals surface area contributed by atoms with Crippen LogP contribution in [0.1, 0.15) is 12.7 Å². The van der Waals surface area contributed by atoms with Crippen LogP contribution < -0.4 is 15.8 Å². The molecule has 1 aromatic rings. The Hall–Kier alpha value is -1.40. The number of rotatable bonds is 4. The van der Waals surface area contributed by atoms with Crippen molar-refractivity contribution in [2.24, 2.45) is 0 Å². The summed E-state index contributed by atoms with van der Waals surface area (Å²) in [5.41, 5.74) is -0.0912. The number of likely N-dealkylation sites (N-methyl/N-ethyl adjacent to an activating group) is 1. The van der Waals surface area contributed by atoms with Crippen LogP contribution in [0, 0.1) is 0 Å². The fourth-order valence-electron chi connectivity index (χ4n) is 2.17. The third-order valence-corrected chi connectivity index (χ3v) is 3.07. The Labute approximate surface area is 106 Å². The van der Waals surface area contributed by atoms with Gasteiger partial charge in [0.2, 0.25) is 0 Å². The SMILES string of the molecule is CCc1nc(N2CCOCC2CNC)cc(=O)[nH]1. The van der Waals surface area contributed by atoms with Crippen molar-refractivity contribution in [3.8, 4) is 0 Å². The van der Waals surface area contributed by atoms with Crippen molar-refractivity contribution < 1.29 is 4.74 Å². The molecule has 0 saturated carbocycles. The van der Waals surface area contributed by atoms with Crippen molar-refractivity contribution in [1.29, 1.82) is 0 Å². The van der Waals surface area contributed by atoms with E-state index in [9.17, 15) is 4.79 Å². The minimum Gasteiger partial charge on any atom is -0.377 e. The zero-order chi connectivity index (χ0) is 13.0. The van der Waals surface area contributed by atoms with Gasteiger partial charge in [0.25, 0.3) is 5.56 Å². The molecular weight excluding hydrogens is 232 g/mol. The smallest absolute Gasteiger partial charge is 0.252 e. The molecule has 0 radical (unpaired) electrons. The normalized spacial score (nSPS) is 20.1. The summed E-state index contributed by atoms with van der Waals surface area (Å²) in [5, 5.41) is 3.14. The first-order valence-electron chi connectivity index (χ1n) is 6.33. The van der Waals surface area contributed by atoms with Gasteiger partial charge in [0.05, 0.1) is 19.3 Å². The summed E-state index contributed by atoms with van der Waals surface area (Å²) in [6.07, 6.45) is 0.726. The maximum atomic E-state index is 11.6. The van der Waals surface area contributed by atoms with E-state index in [0.717, 1.165) is 31.2 Å². The van der Waals surface area contributed by atoms with E-state index >= 15 is 0 Å². The summed E-state index contributed by atoms with van der Waals surface area (Å²) < 4.78 is 5.48. The molecule has 2 heterocycles. The van der Waals surface area contributed by atoms with Crippen LogP contribution in [-0.2, 0) is 11.2 Å². The predicted molar refractivity (Wildman–Crippen MR) is 70.1 cm³/mol. The quantitative estimate of drug-likeness (QED) is 0.774. The number of anilines is 1. The number of nitrogens with one attached hydrogen (secondary N) is 2. The Morgan fingerprint density at radius 1 is 1.67 bits per heavy atom. The summed E-state index contributed by atoms with van der Waals surface area (Å²) in [4.78, 5) is 21.0. The average Bonchev–Trinajstić information content (AvgIpc) is 2.39. The highest BCUT2D eigenvalue weighted by molar-refractivity contribution is 5.39. The Morgan fingerprint density at radius 3 is 3.22 bits per heavy atom. The van der Waals surface area contributed by atoms with E-state index in [1.165, 1.54) is 0 Å². The molecule has 1 aliphatic heterocycles. The zero-order valence-electron chi connectivity index (χ0n) is 10.9. The third-order valence-electron chi connectivity index (χ3n) is 3.07.